The van der Waals surface area contributed by atoms with Crippen LogP contribution in [0.1, 0.15) is 22.5 Å². The lowest BCUT2D eigenvalue weighted by Gasteiger charge is -2.09. The molecule has 0 saturated heterocycles. The highest BCUT2D eigenvalue weighted by Gasteiger charge is 2.13. The van der Waals surface area contributed by atoms with E-state index in [9.17, 15) is 8.42 Å². The van der Waals surface area contributed by atoms with Crippen molar-refractivity contribution < 1.29 is 8.42 Å². The van der Waals surface area contributed by atoms with Gasteiger partial charge in [-0.05, 0) is 31.5 Å². The topological polar surface area (TPSA) is 76.0 Å². The molecular formula is C21H26N4O2S. The number of nitrogens with one attached hydrogen (secondary N) is 2. The third-order valence-corrected chi connectivity index (χ3v) is 5.96. The molecule has 0 aliphatic rings. The van der Waals surface area contributed by atoms with Crippen LogP contribution < -0.4 is 10.0 Å². The maximum atomic E-state index is 12.2. The van der Waals surface area contributed by atoms with Crippen LogP contribution in [0.2, 0.25) is 0 Å². The Morgan fingerprint density at radius 1 is 0.929 bits per heavy atom. The molecule has 0 fully saturated rings. The summed E-state index contributed by atoms with van der Waals surface area (Å²) in [6.45, 7) is 5.27. The van der Waals surface area contributed by atoms with E-state index in [2.05, 4.69) is 15.1 Å². The summed E-state index contributed by atoms with van der Waals surface area (Å²) in [4.78, 5) is 0. The molecule has 0 aliphatic carbocycles. The van der Waals surface area contributed by atoms with Gasteiger partial charge in [0.25, 0.3) is 0 Å². The van der Waals surface area contributed by atoms with Gasteiger partial charge in [-0.3, -0.25) is 0 Å². The molecule has 0 spiro atoms. The van der Waals surface area contributed by atoms with E-state index in [-0.39, 0.29) is 5.75 Å². The van der Waals surface area contributed by atoms with Crippen LogP contribution in [0, 0.1) is 13.8 Å². The molecule has 0 saturated carbocycles. The van der Waals surface area contributed by atoms with Gasteiger partial charge in [0.05, 0.1) is 17.1 Å². The van der Waals surface area contributed by atoms with Gasteiger partial charge in [0, 0.05) is 30.9 Å². The van der Waals surface area contributed by atoms with E-state index in [1.165, 1.54) is 0 Å². The second-order valence-corrected chi connectivity index (χ2v) is 8.63. The highest BCUT2D eigenvalue weighted by molar-refractivity contribution is 7.89. The molecule has 6 nitrogen and oxygen atoms in total. The Morgan fingerprint density at radius 2 is 1.57 bits per heavy atom. The molecule has 1 heterocycles. The number of nitrogens with zero attached hydrogens (tertiary/aromatic N) is 2. The highest BCUT2D eigenvalue weighted by Crippen LogP contribution is 2.17. The molecule has 0 aliphatic heterocycles. The van der Waals surface area contributed by atoms with E-state index in [1.807, 2.05) is 79.2 Å². The van der Waals surface area contributed by atoms with Crippen LogP contribution in [0.4, 0.5) is 0 Å². The SMILES string of the molecule is Cc1nn(-c2ccccc2)c(C)c1CNCCS(=O)(=O)NCc1ccccc1. The molecule has 0 unspecified atom stereocenters. The first-order chi connectivity index (χ1) is 13.5. The average Bonchev–Trinajstić information content (AvgIpc) is 2.99. The fourth-order valence-electron chi connectivity index (χ4n) is 3.03. The van der Waals surface area contributed by atoms with Crippen molar-refractivity contribution >= 4 is 10.0 Å². The van der Waals surface area contributed by atoms with Crippen molar-refractivity contribution in [3.8, 4) is 5.69 Å². The Labute approximate surface area is 166 Å². The van der Waals surface area contributed by atoms with Gasteiger partial charge >= 0.3 is 0 Å². The maximum Gasteiger partial charge on any atom is 0.213 e. The Kier molecular flexibility index (Phi) is 6.61. The molecule has 1 aromatic heterocycles. The molecular weight excluding hydrogens is 372 g/mol. The smallest absolute Gasteiger partial charge is 0.213 e. The first-order valence-corrected chi connectivity index (χ1v) is 10.9. The molecule has 3 rings (SSSR count). The Hall–Kier alpha value is -2.48. The Bertz CT molecular complexity index is 1000. The van der Waals surface area contributed by atoms with Crippen molar-refractivity contribution in [2.24, 2.45) is 0 Å². The summed E-state index contributed by atoms with van der Waals surface area (Å²) in [7, 11) is -3.33. The summed E-state index contributed by atoms with van der Waals surface area (Å²) in [5, 5.41) is 7.85. The van der Waals surface area contributed by atoms with Gasteiger partial charge in [0.15, 0.2) is 0 Å². The first kappa shape index (κ1) is 20.3. The van der Waals surface area contributed by atoms with Crippen LogP contribution >= 0.6 is 0 Å². The number of para-hydroxylation sites is 1. The molecule has 3 aromatic rings. The van der Waals surface area contributed by atoms with Crippen LogP contribution in [0.25, 0.3) is 5.69 Å². The molecule has 7 heteroatoms. The Balaban J connectivity index is 1.52. The van der Waals surface area contributed by atoms with Crippen molar-refractivity contribution in [1.29, 1.82) is 0 Å². The van der Waals surface area contributed by atoms with E-state index >= 15 is 0 Å². The fourth-order valence-corrected chi connectivity index (χ4v) is 3.98. The molecule has 0 radical (unpaired) electrons. The number of aromatic nitrogens is 2. The standard InChI is InChI=1S/C21H26N4O2S/c1-17-21(18(2)25(24-17)20-11-7-4-8-12-20)16-22-13-14-28(26,27)23-15-19-9-5-3-6-10-19/h3-12,22-23H,13-16H2,1-2H3. The van der Waals surface area contributed by atoms with Crippen LogP contribution in [0.15, 0.2) is 60.7 Å². The normalized spacial score (nSPS) is 11.6. The zero-order chi connectivity index (χ0) is 20.0. The number of hydrogen-bond acceptors (Lipinski definition) is 4. The summed E-state index contributed by atoms with van der Waals surface area (Å²) in [6, 6.07) is 19.5. The summed E-state index contributed by atoms with van der Waals surface area (Å²) in [5.41, 5.74) is 5.05. The second-order valence-electron chi connectivity index (χ2n) is 6.70. The molecule has 2 N–H and O–H groups in total. The molecule has 28 heavy (non-hydrogen) atoms. The zero-order valence-electron chi connectivity index (χ0n) is 16.2. The third-order valence-electron chi connectivity index (χ3n) is 4.63. The van der Waals surface area contributed by atoms with E-state index in [4.69, 9.17) is 0 Å². The van der Waals surface area contributed by atoms with Gasteiger partial charge in [-0.15, -0.1) is 0 Å². The van der Waals surface area contributed by atoms with E-state index in [0.29, 0.717) is 19.6 Å². The fraction of sp³-hybridized carbons (Fsp3) is 0.286. The van der Waals surface area contributed by atoms with E-state index < -0.39 is 10.0 Å². The molecule has 0 bridgehead atoms. The maximum absolute atomic E-state index is 12.2. The van der Waals surface area contributed by atoms with Crippen LogP contribution in [-0.2, 0) is 23.1 Å². The largest absolute Gasteiger partial charge is 0.311 e. The number of aryl methyl sites for hydroxylation is 1. The first-order valence-electron chi connectivity index (χ1n) is 9.29. The van der Waals surface area contributed by atoms with Crippen LogP contribution in [-0.4, -0.2) is 30.5 Å². The predicted octanol–water partition coefficient (Wildman–Crippen LogP) is 2.70. The minimum atomic E-state index is -3.33. The number of hydrogen-bond donors (Lipinski definition) is 2. The van der Waals surface area contributed by atoms with Crippen molar-refractivity contribution in [1.82, 2.24) is 19.8 Å². The lowest BCUT2D eigenvalue weighted by Crippen LogP contribution is -2.31. The summed E-state index contributed by atoms with van der Waals surface area (Å²) in [6.07, 6.45) is 0. The second kappa shape index (κ2) is 9.14. The lowest BCUT2D eigenvalue weighted by molar-refractivity contribution is 0.576. The molecule has 0 atom stereocenters. The number of benzene rings is 2. The van der Waals surface area contributed by atoms with Gasteiger partial charge in [-0.2, -0.15) is 5.10 Å². The zero-order valence-corrected chi connectivity index (χ0v) is 17.0. The van der Waals surface area contributed by atoms with E-state index in [1.54, 1.807) is 0 Å². The van der Waals surface area contributed by atoms with Gasteiger partial charge < -0.3 is 5.32 Å². The quantitative estimate of drug-likeness (QED) is 0.544. The monoisotopic (exact) mass is 398 g/mol. The van der Waals surface area contributed by atoms with Crippen molar-refractivity contribution in [2.75, 3.05) is 12.3 Å². The van der Waals surface area contributed by atoms with Gasteiger partial charge in [0.1, 0.15) is 0 Å². The average molecular weight is 399 g/mol. The van der Waals surface area contributed by atoms with Gasteiger partial charge in [-0.25, -0.2) is 17.8 Å². The summed E-state index contributed by atoms with van der Waals surface area (Å²) < 4.78 is 28.9. The van der Waals surface area contributed by atoms with Gasteiger partial charge in [-0.1, -0.05) is 48.5 Å². The molecule has 0 amide bonds. The third kappa shape index (κ3) is 5.28. The molecule has 148 valence electrons. The van der Waals surface area contributed by atoms with E-state index in [0.717, 1.165) is 28.2 Å². The van der Waals surface area contributed by atoms with Crippen LogP contribution in [0.5, 0.6) is 0 Å². The number of sulfonamides is 1. The summed E-state index contributed by atoms with van der Waals surface area (Å²) >= 11 is 0. The highest BCUT2D eigenvalue weighted by atomic mass is 32.2. The van der Waals surface area contributed by atoms with Gasteiger partial charge in [0.2, 0.25) is 10.0 Å². The summed E-state index contributed by atoms with van der Waals surface area (Å²) in [5.74, 6) is 0.0325. The lowest BCUT2D eigenvalue weighted by atomic mass is 10.2. The minimum absolute atomic E-state index is 0.0325. The van der Waals surface area contributed by atoms with Crippen molar-refractivity contribution in [2.45, 2.75) is 26.9 Å². The minimum Gasteiger partial charge on any atom is -0.311 e. The van der Waals surface area contributed by atoms with Crippen molar-refractivity contribution in [3.63, 3.8) is 0 Å². The van der Waals surface area contributed by atoms with Crippen molar-refractivity contribution in [3.05, 3.63) is 83.2 Å². The Morgan fingerprint density at radius 3 is 2.25 bits per heavy atom. The van der Waals surface area contributed by atoms with Crippen LogP contribution in [0.3, 0.4) is 0 Å². The predicted molar refractivity (Wildman–Crippen MR) is 112 cm³/mol. The molecule has 2 aromatic carbocycles. The number of rotatable bonds is 9.